The lowest BCUT2D eigenvalue weighted by Gasteiger charge is -2.22. The van der Waals surface area contributed by atoms with Gasteiger partial charge in [0.2, 0.25) is 0 Å². The summed E-state index contributed by atoms with van der Waals surface area (Å²) in [6, 6.07) is 32.1. The molecule has 1 N–H and O–H groups in total. The Morgan fingerprint density at radius 2 is 0.870 bits per heavy atom. The second kappa shape index (κ2) is 30.6. The number of amides is 5. The number of nitrogens with one attached hydrogen (secondary N) is 1. The standard InChI is InChI=1S/C23H24Cl2N2O5.C22H22Cl2N2O5.C22H22Cl2N2O3/c1-5-31-13-27(22(29)30-4)21(28)19-7-6-15(8-14(19)2)20-12-23(3,32-26-20)16-9-17(24)11-18(25)10-16;1-13-7-14(5-6-18(13)20(27)26(12-29-3)21(28)30-4)19-11-22(2,31-25-19)15-8-16(23)10-17(24)9-15;1-13-8-14(5-6-18(13)21(27)25-20-4-3-7-28-20)19-12-22(2,29-26-19)15-9-16(23)11-17(24)10-15/h6-11H,5,12-13H2,1-4H3;5-10H,11-12H2,1-4H3;5-6,8-11,20H,3-4,7,12H2,1-2H3,(H,25,27). The largest absolute Gasteiger partial charge is 0.452 e. The maximum atomic E-state index is 12.9. The van der Waals surface area contributed by atoms with E-state index in [0.717, 1.165) is 78.7 Å². The van der Waals surface area contributed by atoms with Crippen molar-refractivity contribution in [2.24, 2.45) is 15.5 Å². The lowest BCUT2D eigenvalue weighted by Crippen LogP contribution is -2.39. The monoisotopic (exact) mass is 1370 g/mol. The number of rotatable bonds is 15. The van der Waals surface area contributed by atoms with Crippen LogP contribution >= 0.6 is 69.6 Å². The maximum absolute atomic E-state index is 12.9. The predicted octanol–water partition coefficient (Wildman–Crippen LogP) is 15.9. The van der Waals surface area contributed by atoms with E-state index < -0.39 is 40.8 Å². The first-order valence-corrected chi connectivity index (χ1v) is 31.2. The first-order valence-electron chi connectivity index (χ1n) is 29.0. The van der Waals surface area contributed by atoms with Crippen LogP contribution in [0.25, 0.3) is 0 Å². The van der Waals surface area contributed by atoms with Crippen LogP contribution < -0.4 is 5.32 Å². The summed E-state index contributed by atoms with van der Waals surface area (Å²) in [6.07, 6.45) is 1.62. The molecule has 4 heterocycles. The molecular weight excluding hydrogens is 1310 g/mol. The highest BCUT2D eigenvalue weighted by atomic mass is 35.5. The number of imide groups is 2. The first kappa shape index (κ1) is 70.6. The smallest absolute Gasteiger partial charge is 0.418 e. The Morgan fingerprint density at radius 3 is 1.17 bits per heavy atom. The number of hydrogen-bond acceptors (Lipinski definition) is 16. The zero-order valence-electron chi connectivity index (χ0n) is 52.1. The molecule has 1 saturated heterocycles. The van der Waals surface area contributed by atoms with Gasteiger partial charge in [0, 0.05) is 103 Å². The number of carbonyl (C=O) groups excluding carboxylic acids is 5. The van der Waals surface area contributed by atoms with Crippen LogP contribution in [0.4, 0.5) is 9.59 Å². The van der Waals surface area contributed by atoms with Crippen LogP contribution in [0, 0.1) is 20.8 Å². The molecule has 0 saturated carbocycles. The molecule has 6 aromatic carbocycles. The van der Waals surface area contributed by atoms with Crippen LogP contribution in [0.5, 0.6) is 0 Å². The van der Waals surface area contributed by atoms with Gasteiger partial charge in [0.25, 0.3) is 17.7 Å². The van der Waals surface area contributed by atoms with Crippen molar-refractivity contribution in [3.63, 3.8) is 0 Å². The van der Waals surface area contributed by atoms with Gasteiger partial charge in [-0.3, -0.25) is 14.4 Å². The van der Waals surface area contributed by atoms with Gasteiger partial charge < -0.3 is 43.5 Å². The van der Waals surface area contributed by atoms with E-state index in [0.29, 0.717) is 90.4 Å². The molecule has 5 amide bonds. The molecule has 1 fully saturated rings. The van der Waals surface area contributed by atoms with Crippen molar-refractivity contribution in [2.45, 2.75) is 104 Å². The lowest BCUT2D eigenvalue weighted by atomic mass is 9.88. The lowest BCUT2D eigenvalue weighted by molar-refractivity contribution is -0.00755. The van der Waals surface area contributed by atoms with Crippen molar-refractivity contribution in [3.8, 4) is 0 Å². The van der Waals surface area contributed by atoms with Gasteiger partial charge in [-0.1, -0.05) is 103 Å². The van der Waals surface area contributed by atoms with Gasteiger partial charge in [0.1, 0.15) is 19.7 Å². The molecule has 0 bridgehead atoms. The number of oxime groups is 3. The SMILES string of the molecule is CCOCN(C(=O)OC)C(=O)c1ccc(C2=NOC(C)(c3cc(Cl)cc(Cl)c3)C2)cc1C.COCN(C(=O)OC)C(=O)c1ccc(C2=NOC(C)(c3cc(Cl)cc(Cl)c3)C2)cc1C.Cc1cc(C2=NOC(C)(c3cc(Cl)cc(Cl)c3)C2)ccc1C(=O)NC1CCCO1. The summed E-state index contributed by atoms with van der Waals surface area (Å²) in [6.45, 7) is 13.7. The van der Waals surface area contributed by atoms with Gasteiger partial charge in [0.05, 0.1) is 31.4 Å². The summed E-state index contributed by atoms with van der Waals surface area (Å²) in [7, 11) is 3.81. The van der Waals surface area contributed by atoms with Crippen molar-refractivity contribution in [2.75, 3.05) is 48.0 Å². The van der Waals surface area contributed by atoms with Crippen LogP contribution in [0.1, 0.15) is 141 Å². The Hall–Kier alpha value is -7.30. The Labute approximate surface area is 563 Å². The highest BCUT2D eigenvalue weighted by Gasteiger charge is 2.40. The minimum absolute atomic E-state index is 0.121. The number of hydrogen-bond donors (Lipinski definition) is 1. The molecule has 4 unspecified atom stereocenters. The topological polar surface area (TPSA) is 215 Å². The molecule has 4 atom stereocenters. The molecule has 10 rings (SSSR count). The fraction of sp³-hybridized carbons (Fsp3) is 0.343. The van der Waals surface area contributed by atoms with Crippen LogP contribution in [0.15, 0.2) is 125 Å². The minimum atomic E-state index is -0.792. The third kappa shape index (κ3) is 16.9. The molecule has 486 valence electrons. The van der Waals surface area contributed by atoms with Gasteiger partial charge in [-0.05, 0) is 186 Å². The molecule has 6 aromatic rings. The number of ether oxygens (including phenoxy) is 5. The number of methoxy groups -OCH3 is 3. The van der Waals surface area contributed by atoms with E-state index in [1.165, 1.54) is 21.3 Å². The predicted molar refractivity (Wildman–Crippen MR) is 354 cm³/mol. The Bertz CT molecular complexity index is 3840. The second-order valence-corrected chi connectivity index (χ2v) is 25.2. The average Bonchev–Trinajstić information content (AvgIpc) is 1.63. The van der Waals surface area contributed by atoms with E-state index in [1.807, 2.05) is 70.2 Å². The molecule has 25 heteroatoms. The van der Waals surface area contributed by atoms with Gasteiger partial charge in [-0.2, -0.15) is 0 Å². The Morgan fingerprint density at radius 1 is 0.522 bits per heavy atom. The summed E-state index contributed by atoms with van der Waals surface area (Å²) in [5.74, 6) is -1.14. The molecule has 19 nitrogen and oxygen atoms in total. The third-order valence-electron chi connectivity index (χ3n) is 15.6. The molecule has 0 spiro atoms. The van der Waals surface area contributed by atoms with E-state index in [9.17, 15) is 24.0 Å². The van der Waals surface area contributed by atoms with E-state index in [1.54, 1.807) is 87.5 Å². The Kier molecular flexibility index (Phi) is 23.5. The number of benzene rings is 6. The number of halogens is 6. The maximum Gasteiger partial charge on any atom is 0.418 e. The molecule has 0 aromatic heterocycles. The quantitative estimate of drug-likeness (QED) is 0.0948. The summed E-state index contributed by atoms with van der Waals surface area (Å²) >= 11 is 36.9. The highest BCUT2D eigenvalue weighted by molar-refractivity contribution is 6.36. The van der Waals surface area contributed by atoms with Gasteiger partial charge >= 0.3 is 12.2 Å². The van der Waals surface area contributed by atoms with Crippen molar-refractivity contribution in [3.05, 3.63) is 206 Å². The summed E-state index contributed by atoms with van der Waals surface area (Å²) in [5.41, 5.74) is 8.83. The first-order chi connectivity index (χ1) is 43.7. The number of aryl methyl sites for hydroxylation is 3. The van der Waals surface area contributed by atoms with E-state index in [4.69, 9.17) is 103 Å². The second-order valence-electron chi connectivity index (χ2n) is 22.6. The zero-order valence-corrected chi connectivity index (χ0v) is 56.7. The van der Waals surface area contributed by atoms with Crippen molar-refractivity contribution >= 4 is 117 Å². The van der Waals surface area contributed by atoms with Crippen LogP contribution in [0.2, 0.25) is 30.1 Å². The third-order valence-corrected chi connectivity index (χ3v) is 16.9. The zero-order chi connectivity index (χ0) is 66.8. The molecular formula is C67H68Cl6N6O13. The van der Waals surface area contributed by atoms with Crippen molar-refractivity contribution < 1.29 is 62.2 Å². The van der Waals surface area contributed by atoms with E-state index in [-0.39, 0.29) is 25.6 Å². The normalized spacial score (nSPS) is 19.5. The summed E-state index contributed by atoms with van der Waals surface area (Å²) in [5, 5.41) is 19.0. The minimum Gasteiger partial charge on any atom is -0.452 e. The number of nitrogens with zero attached hydrogens (tertiary/aromatic N) is 5. The van der Waals surface area contributed by atoms with Gasteiger partial charge in [-0.15, -0.1) is 0 Å². The fourth-order valence-electron chi connectivity index (χ4n) is 10.5. The Balaban J connectivity index is 0.000000178. The molecule has 92 heavy (non-hydrogen) atoms. The van der Waals surface area contributed by atoms with Gasteiger partial charge in [-0.25, -0.2) is 19.4 Å². The van der Waals surface area contributed by atoms with Crippen molar-refractivity contribution in [1.82, 2.24) is 15.1 Å². The highest BCUT2D eigenvalue weighted by Crippen LogP contribution is 2.42. The average molecular weight is 1380 g/mol. The number of carbonyl (C=O) groups is 5. The molecule has 0 aliphatic carbocycles. The van der Waals surface area contributed by atoms with Crippen molar-refractivity contribution in [1.29, 1.82) is 0 Å². The molecule has 0 radical (unpaired) electrons. The van der Waals surface area contributed by atoms with Crippen LogP contribution in [0.3, 0.4) is 0 Å². The van der Waals surface area contributed by atoms with E-state index in [2.05, 4.69) is 25.5 Å². The summed E-state index contributed by atoms with van der Waals surface area (Å²) in [4.78, 5) is 81.3. The van der Waals surface area contributed by atoms with Crippen LogP contribution in [-0.2, 0) is 55.0 Å². The summed E-state index contributed by atoms with van der Waals surface area (Å²) < 4.78 is 25.0. The molecule has 4 aliphatic heterocycles. The fourth-order valence-corrected chi connectivity index (χ4v) is 12.1. The van der Waals surface area contributed by atoms with Crippen LogP contribution in [-0.4, -0.2) is 111 Å². The van der Waals surface area contributed by atoms with Gasteiger partial charge in [0.15, 0.2) is 16.8 Å². The molecule has 4 aliphatic rings. The van der Waals surface area contributed by atoms with E-state index >= 15 is 0 Å².